The third kappa shape index (κ3) is 3.92. The Bertz CT molecular complexity index is 1210. The van der Waals surface area contributed by atoms with Crippen molar-refractivity contribution in [3.05, 3.63) is 64.8 Å². The fourth-order valence-corrected chi connectivity index (χ4v) is 3.62. The summed E-state index contributed by atoms with van der Waals surface area (Å²) < 4.78 is 12.5. The minimum Gasteiger partial charge on any atom is -0.492 e. The summed E-state index contributed by atoms with van der Waals surface area (Å²) >= 11 is 0. The van der Waals surface area contributed by atoms with Crippen LogP contribution in [0, 0.1) is 0 Å². The number of nitrogens with two attached hydrogens (primary N) is 1. The van der Waals surface area contributed by atoms with Crippen LogP contribution in [0.2, 0.25) is 0 Å². The van der Waals surface area contributed by atoms with E-state index in [9.17, 15) is 9.59 Å². The number of aryl methyl sites for hydroxylation is 1. The molecule has 8 nitrogen and oxygen atoms in total. The Morgan fingerprint density at radius 1 is 1.16 bits per heavy atom. The second-order valence-electron chi connectivity index (χ2n) is 7.27. The van der Waals surface area contributed by atoms with Gasteiger partial charge in [0.05, 0.1) is 18.5 Å². The zero-order valence-electron chi connectivity index (χ0n) is 17.5. The van der Waals surface area contributed by atoms with Crippen LogP contribution < -0.4 is 10.5 Å². The van der Waals surface area contributed by atoms with Gasteiger partial charge in [-0.25, -0.2) is 0 Å². The molecule has 0 unspecified atom stereocenters. The molecular formula is C23H22N4O4. The van der Waals surface area contributed by atoms with Crippen molar-refractivity contribution < 1.29 is 19.1 Å². The molecule has 1 aliphatic heterocycles. The third-order valence-electron chi connectivity index (χ3n) is 5.13. The van der Waals surface area contributed by atoms with Crippen LogP contribution in [-0.4, -0.2) is 34.5 Å². The number of aliphatic imine (C=N–C) groups is 1. The van der Waals surface area contributed by atoms with Crippen molar-refractivity contribution in [2.45, 2.75) is 20.0 Å². The van der Waals surface area contributed by atoms with Crippen LogP contribution in [0.25, 0.3) is 11.3 Å². The molecule has 2 aromatic carbocycles. The van der Waals surface area contributed by atoms with E-state index >= 15 is 0 Å². The van der Waals surface area contributed by atoms with Crippen molar-refractivity contribution >= 4 is 23.3 Å². The zero-order valence-corrected chi connectivity index (χ0v) is 17.5. The number of ether oxygens (including phenoxy) is 2. The summed E-state index contributed by atoms with van der Waals surface area (Å²) in [5.74, 6) is -0.178. The van der Waals surface area contributed by atoms with Crippen molar-refractivity contribution in [1.29, 1.82) is 0 Å². The highest BCUT2D eigenvalue weighted by Crippen LogP contribution is 2.37. The number of carbonyl (C=O) groups excluding carboxylic acids is 2. The van der Waals surface area contributed by atoms with Crippen LogP contribution in [0.3, 0.4) is 0 Å². The Morgan fingerprint density at radius 3 is 2.55 bits per heavy atom. The normalized spacial score (nSPS) is 12.3. The van der Waals surface area contributed by atoms with Crippen LogP contribution in [0.5, 0.6) is 5.75 Å². The molecule has 2 heterocycles. The highest BCUT2D eigenvalue weighted by molar-refractivity contribution is 6.09. The van der Waals surface area contributed by atoms with Crippen LogP contribution in [0.4, 0.5) is 5.69 Å². The highest BCUT2D eigenvalue weighted by Gasteiger charge is 2.26. The van der Waals surface area contributed by atoms with Crippen molar-refractivity contribution in [1.82, 2.24) is 9.78 Å². The number of carbonyl (C=O) groups is 2. The Hall–Kier alpha value is -3.94. The molecule has 0 fully saturated rings. The first kappa shape index (κ1) is 20.3. The Labute approximate surface area is 179 Å². The van der Waals surface area contributed by atoms with E-state index in [-0.39, 0.29) is 12.6 Å². The topological polar surface area (TPSA) is 109 Å². The van der Waals surface area contributed by atoms with Crippen LogP contribution in [0.15, 0.2) is 47.5 Å². The second-order valence-corrected chi connectivity index (χ2v) is 7.27. The van der Waals surface area contributed by atoms with Gasteiger partial charge in [-0.1, -0.05) is 30.3 Å². The number of esters is 1. The van der Waals surface area contributed by atoms with Crippen molar-refractivity contribution in [2.24, 2.45) is 17.8 Å². The lowest BCUT2D eigenvalue weighted by molar-refractivity contribution is -0.142. The summed E-state index contributed by atoms with van der Waals surface area (Å²) in [6, 6.07) is 12.9. The number of hydrogen-bond donors (Lipinski definition) is 1. The number of aromatic nitrogens is 2. The predicted molar refractivity (Wildman–Crippen MR) is 116 cm³/mol. The summed E-state index contributed by atoms with van der Waals surface area (Å²) in [6.45, 7) is 1.61. The molecule has 0 atom stereocenters. The van der Waals surface area contributed by atoms with Crippen molar-refractivity contribution in [3.8, 4) is 17.0 Å². The second kappa shape index (κ2) is 8.06. The molecule has 0 spiro atoms. The molecule has 0 saturated carbocycles. The lowest BCUT2D eigenvalue weighted by atomic mass is 10.0. The molecular weight excluding hydrogens is 396 g/mol. The number of amides is 1. The van der Waals surface area contributed by atoms with Crippen LogP contribution in [-0.2, 0) is 29.6 Å². The van der Waals surface area contributed by atoms with Gasteiger partial charge < -0.3 is 15.2 Å². The molecule has 158 valence electrons. The van der Waals surface area contributed by atoms with Gasteiger partial charge in [0.2, 0.25) is 5.91 Å². The first-order chi connectivity index (χ1) is 14.9. The lowest BCUT2D eigenvalue weighted by Gasteiger charge is -2.07. The number of methoxy groups -OCH3 is 1. The number of hydrogen-bond acceptors (Lipinski definition) is 6. The molecule has 1 aromatic heterocycles. The summed E-state index contributed by atoms with van der Waals surface area (Å²) in [7, 11) is 3.45. The molecule has 0 bridgehead atoms. The van der Waals surface area contributed by atoms with E-state index < -0.39 is 5.91 Å². The van der Waals surface area contributed by atoms with E-state index in [0.29, 0.717) is 23.4 Å². The van der Waals surface area contributed by atoms with Gasteiger partial charge in [-0.3, -0.25) is 19.3 Å². The average Bonchev–Trinajstić information content (AvgIpc) is 3.31. The highest BCUT2D eigenvalue weighted by atomic mass is 16.5. The molecule has 0 radical (unpaired) electrons. The monoisotopic (exact) mass is 418 g/mol. The van der Waals surface area contributed by atoms with E-state index in [0.717, 1.165) is 33.8 Å². The van der Waals surface area contributed by atoms with Crippen molar-refractivity contribution in [2.75, 3.05) is 7.11 Å². The molecule has 31 heavy (non-hydrogen) atoms. The number of benzene rings is 2. The summed E-state index contributed by atoms with van der Waals surface area (Å²) in [5.41, 5.74) is 11.6. The summed E-state index contributed by atoms with van der Waals surface area (Å²) in [6.07, 6.45) is 0.602. The molecule has 4 rings (SSSR count). The Balaban J connectivity index is 1.68. The molecule has 2 N–H and O–H groups in total. The maximum atomic E-state index is 11.5. The third-order valence-corrected chi connectivity index (χ3v) is 5.13. The molecule has 1 aliphatic rings. The maximum Gasteiger partial charge on any atom is 0.302 e. The van der Waals surface area contributed by atoms with E-state index in [2.05, 4.69) is 5.10 Å². The van der Waals surface area contributed by atoms with Crippen molar-refractivity contribution in [3.63, 3.8) is 0 Å². The van der Waals surface area contributed by atoms with Gasteiger partial charge in [0.15, 0.2) is 5.75 Å². The van der Waals surface area contributed by atoms with Crippen LogP contribution >= 0.6 is 0 Å². The Kier molecular flexibility index (Phi) is 5.29. The van der Waals surface area contributed by atoms with E-state index in [1.807, 2.05) is 37.4 Å². The first-order valence-electron chi connectivity index (χ1n) is 9.71. The Morgan fingerprint density at radius 2 is 1.90 bits per heavy atom. The quantitative estimate of drug-likeness (QED) is 0.619. The fraction of sp³-hybridized carbons (Fsp3) is 0.217. The predicted octanol–water partition coefficient (Wildman–Crippen LogP) is 2.93. The van der Waals surface area contributed by atoms with Gasteiger partial charge in [0, 0.05) is 31.5 Å². The molecule has 1 amide bonds. The largest absolute Gasteiger partial charge is 0.492 e. The van der Waals surface area contributed by atoms with Gasteiger partial charge in [-0.2, -0.15) is 5.10 Å². The van der Waals surface area contributed by atoms with Gasteiger partial charge >= 0.3 is 5.97 Å². The average molecular weight is 418 g/mol. The molecule has 0 saturated heterocycles. The summed E-state index contributed by atoms with van der Waals surface area (Å²) in [5, 5.41) is 4.66. The zero-order chi connectivity index (χ0) is 22.1. The van der Waals surface area contributed by atoms with E-state index in [1.54, 1.807) is 23.9 Å². The molecule has 0 aliphatic carbocycles. The van der Waals surface area contributed by atoms with Gasteiger partial charge in [-0.15, -0.1) is 0 Å². The SMILES string of the molecule is COc1c(-c2ccc(COC(C)=O)cc2)nn(C)c1C1=Nc2cc(C(N)=O)ccc2C1. The summed E-state index contributed by atoms with van der Waals surface area (Å²) in [4.78, 5) is 27.2. The van der Waals surface area contributed by atoms with E-state index in [1.165, 1.54) is 6.92 Å². The fourth-order valence-electron chi connectivity index (χ4n) is 3.62. The van der Waals surface area contributed by atoms with Gasteiger partial charge in [-0.05, 0) is 23.3 Å². The minimum atomic E-state index is -0.482. The lowest BCUT2D eigenvalue weighted by Crippen LogP contribution is -2.10. The molecule has 8 heteroatoms. The molecule has 3 aromatic rings. The smallest absolute Gasteiger partial charge is 0.302 e. The van der Waals surface area contributed by atoms with Gasteiger partial charge in [0.1, 0.15) is 18.0 Å². The van der Waals surface area contributed by atoms with Crippen LogP contribution in [0.1, 0.15) is 34.1 Å². The first-order valence-corrected chi connectivity index (χ1v) is 9.71. The minimum absolute atomic E-state index is 0.225. The van der Waals surface area contributed by atoms with E-state index in [4.69, 9.17) is 20.2 Å². The number of fused-ring (bicyclic) bond motifs is 1. The number of primary amides is 1. The maximum absolute atomic E-state index is 11.5. The standard InChI is InChI=1S/C23H22N4O4/c1-13(28)31-12-14-4-6-15(7-5-14)20-22(30-3)21(27(2)26-20)19-10-16-8-9-17(23(24)29)11-18(16)25-19/h4-9,11H,10,12H2,1-3H3,(H2,24,29). The van der Waals surface area contributed by atoms with Gasteiger partial charge in [0.25, 0.3) is 0 Å². The number of nitrogens with zero attached hydrogens (tertiary/aromatic N) is 3. The number of rotatable bonds is 6.